The van der Waals surface area contributed by atoms with Crippen LogP contribution in [0.25, 0.3) is 10.9 Å². The number of rotatable bonds is 0. The van der Waals surface area contributed by atoms with Gasteiger partial charge < -0.3 is 0 Å². The normalized spacial score (nSPS) is 10.9. The Morgan fingerprint density at radius 2 is 2.00 bits per heavy atom. The highest BCUT2D eigenvalue weighted by molar-refractivity contribution is 14.1. The quantitative estimate of drug-likeness (QED) is 0.666. The molecule has 3 heteroatoms. The van der Waals surface area contributed by atoms with Crippen LogP contribution in [0.2, 0.25) is 5.02 Å². The number of benzene rings is 1. The molecule has 0 saturated heterocycles. The summed E-state index contributed by atoms with van der Waals surface area (Å²) in [6.07, 6.45) is 1.81. The molecule has 0 amide bonds. The number of fused-ring (bicyclic) bond motifs is 1. The van der Waals surface area contributed by atoms with E-state index in [2.05, 4.69) is 53.6 Å². The molecule has 1 nitrogen and oxygen atoms in total. The molecule has 0 radical (unpaired) electrons. The van der Waals surface area contributed by atoms with Gasteiger partial charge in [-0.15, -0.1) is 0 Å². The first-order valence-electron chi connectivity index (χ1n) is 4.30. The van der Waals surface area contributed by atoms with Gasteiger partial charge in [-0.05, 0) is 53.6 Å². The van der Waals surface area contributed by atoms with Crippen molar-refractivity contribution >= 4 is 45.1 Å². The van der Waals surface area contributed by atoms with Gasteiger partial charge in [0.2, 0.25) is 0 Å². The molecule has 0 bridgehead atoms. The summed E-state index contributed by atoms with van der Waals surface area (Å²) < 4.78 is 1.00. The molecule has 0 aliphatic carbocycles. The smallest absolute Gasteiger partial charge is 0.0723 e. The lowest BCUT2D eigenvalue weighted by atomic mass is 10.1. The van der Waals surface area contributed by atoms with Gasteiger partial charge in [-0.25, -0.2) is 0 Å². The van der Waals surface area contributed by atoms with E-state index < -0.39 is 0 Å². The average molecular weight is 318 g/mol. The van der Waals surface area contributed by atoms with Crippen molar-refractivity contribution in [1.29, 1.82) is 0 Å². The summed E-state index contributed by atoms with van der Waals surface area (Å²) in [4.78, 5) is 4.37. The fourth-order valence-corrected chi connectivity index (χ4v) is 2.34. The molecule has 0 aliphatic heterocycles. The Labute approximate surface area is 102 Å². The molecular formula is C11H9ClIN. The van der Waals surface area contributed by atoms with Gasteiger partial charge in [-0.1, -0.05) is 17.7 Å². The highest BCUT2D eigenvalue weighted by atomic mass is 127. The molecular weight excluding hydrogens is 308 g/mol. The van der Waals surface area contributed by atoms with E-state index in [-0.39, 0.29) is 0 Å². The van der Waals surface area contributed by atoms with Crippen LogP contribution in [0.1, 0.15) is 11.1 Å². The number of halogens is 2. The third kappa shape index (κ3) is 1.61. The first-order valence-corrected chi connectivity index (χ1v) is 5.76. The van der Waals surface area contributed by atoms with Crippen molar-refractivity contribution in [2.24, 2.45) is 0 Å². The van der Waals surface area contributed by atoms with Crippen LogP contribution in [-0.2, 0) is 0 Å². The first-order chi connectivity index (χ1) is 6.59. The Morgan fingerprint density at radius 1 is 1.29 bits per heavy atom. The van der Waals surface area contributed by atoms with Gasteiger partial charge in [0.1, 0.15) is 0 Å². The van der Waals surface area contributed by atoms with E-state index in [0.717, 1.165) is 19.5 Å². The summed E-state index contributed by atoms with van der Waals surface area (Å²) in [6, 6.07) is 4.19. The highest BCUT2D eigenvalue weighted by Crippen LogP contribution is 2.29. The van der Waals surface area contributed by atoms with E-state index >= 15 is 0 Å². The molecule has 1 aromatic carbocycles. The molecule has 1 heterocycles. The minimum atomic E-state index is 0.813. The molecule has 72 valence electrons. The van der Waals surface area contributed by atoms with Gasteiger partial charge >= 0.3 is 0 Å². The van der Waals surface area contributed by atoms with E-state index in [1.165, 1.54) is 11.1 Å². The van der Waals surface area contributed by atoms with Gasteiger partial charge in [-0.3, -0.25) is 4.98 Å². The predicted molar refractivity (Wildman–Crippen MR) is 68.9 cm³/mol. The van der Waals surface area contributed by atoms with Gasteiger partial charge in [0.15, 0.2) is 0 Å². The van der Waals surface area contributed by atoms with Crippen LogP contribution in [0.3, 0.4) is 0 Å². The molecule has 0 spiro atoms. The van der Waals surface area contributed by atoms with E-state index in [4.69, 9.17) is 11.6 Å². The van der Waals surface area contributed by atoms with Crippen molar-refractivity contribution in [3.8, 4) is 0 Å². The van der Waals surface area contributed by atoms with Gasteiger partial charge in [0.05, 0.1) is 14.1 Å². The zero-order valence-electron chi connectivity index (χ0n) is 7.94. The van der Waals surface area contributed by atoms with Crippen LogP contribution < -0.4 is 0 Å². The van der Waals surface area contributed by atoms with Crippen molar-refractivity contribution in [3.63, 3.8) is 0 Å². The molecule has 2 aromatic rings. The Hall–Kier alpha value is -0.350. The van der Waals surface area contributed by atoms with Crippen molar-refractivity contribution < 1.29 is 0 Å². The minimum absolute atomic E-state index is 0.813. The summed E-state index contributed by atoms with van der Waals surface area (Å²) in [5, 5.41) is 1.89. The maximum atomic E-state index is 6.24. The number of aryl methyl sites for hydroxylation is 2. The molecule has 0 atom stereocenters. The van der Waals surface area contributed by atoms with Gasteiger partial charge in [0.25, 0.3) is 0 Å². The largest absolute Gasteiger partial charge is 0.255 e. The zero-order valence-corrected chi connectivity index (χ0v) is 10.8. The third-order valence-corrected chi connectivity index (χ3v) is 3.73. The van der Waals surface area contributed by atoms with Crippen LogP contribution in [0.15, 0.2) is 18.3 Å². The summed E-state index contributed by atoms with van der Waals surface area (Å²) in [5.41, 5.74) is 3.39. The third-order valence-electron chi connectivity index (χ3n) is 2.21. The van der Waals surface area contributed by atoms with Crippen LogP contribution >= 0.6 is 34.2 Å². The molecule has 0 unspecified atom stereocenters. The highest BCUT2D eigenvalue weighted by Gasteiger charge is 2.07. The summed E-state index contributed by atoms with van der Waals surface area (Å²) >= 11 is 8.44. The lowest BCUT2D eigenvalue weighted by Gasteiger charge is -2.06. The van der Waals surface area contributed by atoms with Gasteiger partial charge in [-0.2, -0.15) is 0 Å². The van der Waals surface area contributed by atoms with E-state index in [1.807, 2.05) is 6.20 Å². The second-order valence-electron chi connectivity index (χ2n) is 3.40. The molecule has 14 heavy (non-hydrogen) atoms. The predicted octanol–water partition coefficient (Wildman–Crippen LogP) is 4.11. The van der Waals surface area contributed by atoms with Crippen molar-refractivity contribution in [3.05, 3.63) is 38.0 Å². The van der Waals surface area contributed by atoms with Crippen LogP contribution in [0, 0.1) is 17.4 Å². The minimum Gasteiger partial charge on any atom is -0.255 e. The van der Waals surface area contributed by atoms with E-state index in [9.17, 15) is 0 Å². The maximum absolute atomic E-state index is 6.24. The molecule has 2 rings (SSSR count). The first kappa shape index (κ1) is 10.2. The summed E-state index contributed by atoms with van der Waals surface area (Å²) in [6.45, 7) is 4.14. The monoisotopic (exact) mass is 317 g/mol. The number of hydrogen-bond acceptors (Lipinski definition) is 1. The Kier molecular flexibility index (Phi) is 2.66. The van der Waals surface area contributed by atoms with Crippen LogP contribution in [0.5, 0.6) is 0 Å². The molecule has 0 N–H and O–H groups in total. The second-order valence-corrected chi connectivity index (χ2v) is 4.94. The standard InChI is InChI=1S/C11H9ClIN/c1-6-3-7(2)10-9(4-6)14-5-8(13)11(10)12/h3-5H,1-2H3. The molecule has 0 saturated carbocycles. The fraction of sp³-hybridized carbons (Fsp3) is 0.182. The molecule has 0 fully saturated rings. The number of hydrogen-bond donors (Lipinski definition) is 0. The number of pyridine rings is 1. The SMILES string of the molecule is Cc1cc(C)c2c(Cl)c(I)cnc2c1. The lowest BCUT2D eigenvalue weighted by molar-refractivity contribution is 1.34. The zero-order chi connectivity index (χ0) is 10.3. The van der Waals surface area contributed by atoms with Crippen molar-refractivity contribution in [1.82, 2.24) is 4.98 Å². The Bertz CT molecular complexity index is 508. The Balaban J connectivity index is 2.95. The maximum Gasteiger partial charge on any atom is 0.0723 e. The lowest BCUT2D eigenvalue weighted by Crippen LogP contribution is -1.88. The molecule has 0 aliphatic rings. The summed E-state index contributed by atoms with van der Waals surface area (Å²) in [5.74, 6) is 0. The summed E-state index contributed by atoms with van der Waals surface area (Å²) in [7, 11) is 0. The van der Waals surface area contributed by atoms with E-state index in [1.54, 1.807) is 0 Å². The van der Waals surface area contributed by atoms with Crippen LogP contribution in [0.4, 0.5) is 0 Å². The van der Waals surface area contributed by atoms with E-state index in [0.29, 0.717) is 0 Å². The van der Waals surface area contributed by atoms with Crippen molar-refractivity contribution in [2.45, 2.75) is 13.8 Å². The fourth-order valence-electron chi connectivity index (χ4n) is 1.63. The van der Waals surface area contributed by atoms with Crippen LogP contribution in [-0.4, -0.2) is 4.98 Å². The second kappa shape index (κ2) is 3.66. The van der Waals surface area contributed by atoms with Gasteiger partial charge in [0, 0.05) is 11.6 Å². The topological polar surface area (TPSA) is 12.9 Å². The van der Waals surface area contributed by atoms with Crippen molar-refractivity contribution in [2.75, 3.05) is 0 Å². The Morgan fingerprint density at radius 3 is 2.71 bits per heavy atom. The number of aromatic nitrogens is 1. The average Bonchev–Trinajstić information content (AvgIpc) is 2.10. The number of nitrogens with zero attached hydrogens (tertiary/aromatic N) is 1. The molecule has 1 aromatic heterocycles.